The van der Waals surface area contributed by atoms with E-state index in [0.717, 1.165) is 18.9 Å². The van der Waals surface area contributed by atoms with E-state index < -0.39 is 23.8 Å². The first-order valence-electron chi connectivity index (χ1n) is 8.31. The maximum absolute atomic E-state index is 14.2. The first-order valence-corrected chi connectivity index (χ1v) is 8.69. The van der Waals surface area contributed by atoms with Crippen molar-refractivity contribution in [2.75, 3.05) is 5.32 Å². The SMILES string of the molecule is CCC[C@@H]1O[C@@](C=CC2CC2)(C(F)(F)F)c2cc(Cl)ccc2NC1=O. The highest BCUT2D eigenvalue weighted by atomic mass is 35.5. The third-order valence-corrected chi connectivity index (χ3v) is 4.69. The van der Waals surface area contributed by atoms with Crippen LogP contribution in [0.2, 0.25) is 5.02 Å². The molecule has 1 aromatic rings. The predicted molar refractivity (Wildman–Crippen MR) is 89.5 cm³/mol. The van der Waals surface area contributed by atoms with Crippen LogP contribution < -0.4 is 5.32 Å². The van der Waals surface area contributed by atoms with E-state index in [2.05, 4.69) is 5.32 Å². The Bertz CT molecular complexity index is 700. The van der Waals surface area contributed by atoms with E-state index in [4.69, 9.17) is 16.3 Å². The summed E-state index contributed by atoms with van der Waals surface area (Å²) in [6.45, 7) is 1.79. The van der Waals surface area contributed by atoms with Gasteiger partial charge in [0.1, 0.15) is 6.10 Å². The lowest BCUT2D eigenvalue weighted by Gasteiger charge is -2.35. The molecule has 136 valence electrons. The summed E-state index contributed by atoms with van der Waals surface area (Å²) in [4.78, 5) is 12.4. The molecule has 1 aromatic carbocycles. The Hall–Kier alpha value is -1.53. The molecule has 3 nitrogen and oxygen atoms in total. The third kappa shape index (κ3) is 3.55. The van der Waals surface area contributed by atoms with Gasteiger partial charge in [-0.3, -0.25) is 4.79 Å². The van der Waals surface area contributed by atoms with Crippen molar-refractivity contribution in [1.82, 2.24) is 0 Å². The average Bonchev–Trinajstić information content (AvgIpc) is 3.35. The normalized spacial score (nSPS) is 27.1. The number of carbonyl (C=O) groups is 1. The fraction of sp³-hybridized carbons (Fsp3) is 0.500. The molecule has 0 bridgehead atoms. The van der Waals surface area contributed by atoms with Crippen molar-refractivity contribution in [1.29, 1.82) is 0 Å². The standard InChI is InChI=1S/C18H19ClF3NO2/c1-2-3-15-16(24)23-14-7-6-12(19)10-13(14)17(25-15,18(20,21)22)9-8-11-4-5-11/h6-11,15H,2-5H2,1H3,(H,23,24)/t15-,17+/m0/s1. The van der Waals surface area contributed by atoms with Crippen molar-refractivity contribution in [2.24, 2.45) is 5.92 Å². The van der Waals surface area contributed by atoms with Gasteiger partial charge in [0, 0.05) is 16.3 Å². The van der Waals surface area contributed by atoms with Gasteiger partial charge >= 0.3 is 6.18 Å². The van der Waals surface area contributed by atoms with E-state index in [1.54, 1.807) is 6.92 Å². The zero-order valence-electron chi connectivity index (χ0n) is 13.7. The largest absolute Gasteiger partial charge is 0.425 e. The molecule has 0 radical (unpaired) electrons. The van der Waals surface area contributed by atoms with Crippen LogP contribution in [0.15, 0.2) is 30.4 Å². The Labute approximate surface area is 149 Å². The number of hydrogen-bond acceptors (Lipinski definition) is 2. The lowest BCUT2D eigenvalue weighted by molar-refractivity contribution is -0.273. The number of amides is 1. The van der Waals surface area contributed by atoms with Gasteiger partial charge < -0.3 is 10.1 Å². The zero-order chi connectivity index (χ0) is 18.2. The number of alkyl halides is 3. The zero-order valence-corrected chi connectivity index (χ0v) is 14.5. The van der Waals surface area contributed by atoms with Crippen molar-refractivity contribution in [2.45, 2.75) is 50.5 Å². The molecule has 25 heavy (non-hydrogen) atoms. The summed E-state index contributed by atoms with van der Waals surface area (Å²) in [6.07, 6.45) is -0.889. The van der Waals surface area contributed by atoms with Crippen LogP contribution in [-0.2, 0) is 15.1 Å². The smallest absolute Gasteiger partial charge is 0.344 e. The number of ether oxygens (including phenoxy) is 1. The van der Waals surface area contributed by atoms with Crippen molar-refractivity contribution in [3.8, 4) is 0 Å². The second kappa shape index (κ2) is 6.65. The van der Waals surface area contributed by atoms with Gasteiger partial charge in [0.2, 0.25) is 5.60 Å². The highest BCUT2D eigenvalue weighted by molar-refractivity contribution is 6.30. The molecule has 2 aliphatic rings. The fourth-order valence-electron chi connectivity index (χ4n) is 2.94. The van der Waals surface area contributed by atoms with E-state index in [1.807, 2.05) is 0 Å². The monoisotopic (exact) mass is 373 g/mol. The molecule has 0 spiro atoms. The van der Waals surface area contributed by atoms with Gasteiger partial charge in [-0.25, -0.2) is 0 Å². The molecule has 0 saturated heterocycles. The number of benzene rings is 1. The number of carbonyl (C=O) groups excluding carboxylic acids is 1. The molecular formula is C18H19ClF3NO2. The Morgan fingerprint density at radius 1 is 1.40 bits per heavy atom. The van der Waals surface area contributed by atoms with E-state index in [9.17, 15) is 18.0 Å². The second-order valence-electron chi connectivity index (χ2n) is 6.50. The molecule has 1 heterocycles. The van der Waals surface area contributed by atoms with Crippen molar-refractivity contribution in [3.05, 3.63) is 40.9 Å². The van der Waals surface area contributed by atoms with Crippen LogP contribution in [0.25, 0.3) is 0 Å². The molecule has 7 heteroatoms. The summed E-state index contributed by atoms with van der Waals surface area (Å²) in [5.74, 6) is -0.446. The molecule has 1 amide bonds. The number of halogens is 4. The molecule has 1 saturated carbocycles. The Balaban J connectivity index is 2.19. The number of anilines is 1. The second-order valence-corrected chi connectivity index (χ2v) is 6.94. The maximum atomic E-state index is 14.2. The van der Waals surface area contributed by atoms with Crippen LogP contribution in [0.5, 0.6) is 0 Å². The van der Waals surface area contributed by atoms with E-state index in [-0.39, 0.29) is 28.6 Å². The molecule has 3 rings (SSSR count). The molecule has 0 aromatic heterocycles. The molecule has 1 aliphatic heterocycles. The Morgan fingerprint density at radius 3 is 2.72 bits per heavy atom. The third-order valence-electron chi connectivity index (χ3n) is 4.46. The summed E-state index contributed by atoms with van der Waals surface area (Å²) in [5, 5.41) is 2.71. The van der Waals surface area contributed by atoms with E-state index in [0.29, 0.717) is 6.42 Å². The fourth-order valence-corrected chi connectivity index (χ4v) is 3.12. The number of hydrogen-bond donors (Lipinski definition) is 1. The predicted octanol–water partition coefficient (Wildman–Crippen LogP) is 5.20. The first kappa shape index (κ1) is 18.3. The number of rotatable bonds is 4. The van der Waals surface area contributed by atoms with Crippen LogP contribution in [-0.4, -0.2) is 18.2 Å². The van der Waals surface area contributed by atoms with E-state index >= 15 is 0 Å². The quantitative estimate of drug-likeness (QED) is 0.736. The number of nitrogens with one attached hydrogen (secondary N) is 1. The molecule has 2 atom stereocenters. The minimum Gasteiger partial charge on any atom is -0.344 e. The number of allylic oxidation sites excluding steroid dienone is 1. The molecule has 1 aliphatic carbocycles. The van der Waals surface area contributed by atoms with Crippen molar-refractivity contribution >= 4 is 23.2 Å². The van der Waals surface area contributed by atoms with Gasteiger partial charge in [0.15, 0.2) is 0 Å². The van der Waals surface area contributed by atoms with Crippen LogP contribution in [0.3, 0.4) is 0 Å². The number of fused-ring (bicyclic) bond motifs is 1. The van der Waals surface area contributed by atoms with E-state index in [1.165, 1.54) is 24.3 Å². The molecule has 1 fully saturated rings. The van der Waals surface area contributed by atoms with Crippen molar-refractivity contribution in [3.63, 3.8) is 0 Å². The lowest BCUT2D eigenvalue weighted by Crippen LogP contribution is -2.46. The van der Waals surface area contributed by atoms with Gasteiger partial charge in [-0.15, -0.1) is 0 Å². The van der Waals surface area contributed by atoms with Gasteiger partial charge in [0.05, 0.1) is 0 Å². The summed E-state index contributed by atoms with van der Waals surface area (Å²) < 4.78 is 48.2. The minimum atomic E-state index is -4.74. The summed E-state index contributed by atoms with van der Waals surface area (Å²) >= 11 is 5.96. The topological polar surface area (TPSA) is 38.3 Å². The van der Waals surface area contributed by atoms with Crippen LogP contribution in [0.1, 0.15) is 38.2 Å². The van der Waals surface area contributed by atoms with Crippen molar-refractivity contribution < 1.29 is 22.7 Å². The lowest BCUT2D eigenvalue weighted by atomic mass is 9.90. The summed E-state index contributed by atoms with van der Waals surface area (Å²) in [5.41, 5.74) is -2.81. The van der Waals surface area contributed by atoms with Crippen LogP contribution >= 0.6 is 11.6 Å². The van der Waals surface area contributed by atoms with Crippen LogP contribution in [0.4, 0.5) is 18.9 Å². The molecule has 1 N–H and O–H groups in total. The van der Waals surface area contributed by atoms with Gasteiger partial charge in [0.25, 0.3) is 5.91 Å². The van der Waals surface area contributed by atoms with Gasteiger partial charge in [-0.2, -0.15) is 13.2 Å². The maximum Gasteiger partial charge on any atom is 0.425 e. The average molecular weight is 374 g/mol. The molecular weight excluding hydrogens is 355 g/mol. The van der Waals surface area contributed by atoms with Crippen LogP contribution in [0, 0.1) is 5.92 Å². The first-order chi connectivity index (χ1) is 11.8. The Kier molecular flexibility index (Phi) is 4.86. The van der Waals surface area contributed by atoms with Gasteiger partial charge in [-0.05, 0) is 49.5 Å². The van der Waals surface area contributed by atoms with Gasteiger partial charge in [-0.1, -0.05) is 31.0 Å². The highest BCUT2D eigenvalue weighted by Gasteiger charge is 2.59. The molecule has 0 unspecified atom stereocenters. The summed E-state index contributed by atoms with van der Waals surface area (Å²) in [7, 11) is 0. The highest BCUT2D eigenvalue weighted by Crippen LogP contribution is 2.50. The Morgan fingerprint density at radius 2 is 2.12 bits per heavy atom. The minimum absolute atomic E-state index is 0.0748. The summed E-state index contributed by atoms with van der Waals surface area (Å²) in [6, 6.07) is 4.06.